The third-order valence-corrected chi connectivity index (χ3v) is 5.40. The topological polar surface area (TPSA) is 64.0 Å². The fraction of sp³-hybridized carbons (Fsp3) is 0.318. The number of rotatable bonds is 6. The number of nitrogens with one attached hydrogen (secondary N) is 1. The van der Waals surface area contributed by atoms with Crippen LogP contribution < -0.4 is 10.9 Å². The normalized spacial score (nSPS) is 12.3. The Kier molecular flexibility index (Phi) is 6.19. The summed E-state index contributed by atoms with van der Waals surface area (Å²) < 4.78 is 1.69. The van der Waals surface area contributed by atoms with Gasteiger partial charge in [0.25, 0.3) is 5.56 Å². The predicted molar refractivity (Wildman–Crippen MR) is 116 cm³/mol. The number of fused-ring (bicyclic) bond motifs is 1. The average Bonchev–Trinajstić information content (AvgIpc) is 2.64. The number of aromatic nitrogens is 2. The first-order chi connectivity index (χ1) is 13.3. The fourth-order valence-corrected chi connectivity index (χ4v) is 3.86. The highest BCUT2D eigenvalue weighted by molar-refractivity contribution is 8.00. The molecule has 0 aliphatic heterocycles. The van der Waals surface area contributed by atoms with Crippen LogP contribution in [0.1, 0.15) is 26.3 Å². The van der Waals surface area contributed by atoms with Crippen molar-refractivity contribution in [3.8, 4) is 0 Å². The molecular formula is C22H25N3O2S. The zero-order valence-corrected chi connectivity index (χ0v) is 17.4. The largest absolute Gasteiger partial charge is 0.325 e. The van der Waals surface area contributed by atoms with E-state index in [1.165, 1.54) is 11.8 Å². The minimum atomic E-state index is -0.396. The molecule has 1 atom stereocenters. The molecule has 0 saturated heterocycles. The molecule has 3 aromatic rings. The number of thioether (sulfide) groups is 1. The van der Waals surface area contributed by atoms with Gasteiger partial charge >= 0.3 is 0 Å². The lowest BCUT2D eigenvalue weighted by molar-refractivity contribution is -0.115. The maximum absolute atomic E-state index is 13.0. The number of carbonyl (C=O) groups excluding carboxylic acids is 1. The van der Waals surface area contributed by atoms with Gasteiger partial charge in [0.1, 0.15) is 0 Å². The molecule has 1 aromatic heterocycles. The molecule has 6 heteroatoms. The molecule has 5 nitrogen and oxygen atoms in total. The van der Waals surface area contributed by atoms with E-state index in [0.717, 1.165) is 11.3 Å². The standard InChI is InChI=1S/C22H25N3O2S/c1-14(2)13-25-21(27)18-10-5-6-11-19(18)24-22(25)28-16(4)20(26)23-17-9-7-8-15(3)12-17/h5-12,14,16H,13H2,1-4H3,(H,23,26)/t16-/m0/s1. The van der Waals surface area contributed by atoms with Crippen molar-refractivity contribution < 1.29 is 4.79 Å². The van der Waals surface area contributed by atoms with E-state index < -0.39 is 5.25 Å². The first kappa shape index (κ1) is 20.1. The van der Waals surface area contributed by atoms with E-state index in [1.807, 2.05) is 56.3 Å². The second-order valence-electron chi connectivity index (χ2n) is 7.34. The van der Waals surface area contributed by atoms with Crippen LogP contribution in [0.3, 0.4) is 0 Å². The Bertz CT molecular complexity index is 1060. The first-order valence-electron chi connectivity index (χ1n) is 9.39. The van der Waals surface area contributed by atoms with E-state index in [4.69, 9.17) is 0 Å². The van der Waals surface area contributed by atoms with Gasteiger partial charge in [-0.25, -0.2) is 4.98 Å². The van der Waals surface area contributed by atoms with E-state index in [-0.39, 0.29) is 17.4 Å². The molecule has 0 saturated carbocycles. The Labute approximate surface area is 169 Å². The lowest BCUT2D eigenvalue weighted by atomic mass is 10.2. The van der Waals surface area contributed by atoms with Gasteiger partial charge in [0, 0.05) is 12.2 Å². The number of anilines is 1. The molecule has 1 amide bonds. The zero-order valence-electron chi connectivity index (χ0n) is 16.6. The van der Waals surface area contributed by atoms with E-state index in [2.05, 4.69) is 24.1 Å². The van der Waals surface area contributed by atoms with Gasteiger partial charge in [-0.2, -0.15) is 0 Å². The molecule has 146 valence electrons. The summed E-state index contributed by atoms with van der Waals surface area (Å²) in [7, 11) is 0. The monoisotopic (exact) mass is 395 g/mol. The molecule has 3 rings (SSSR count). The van der Waals surface area contributed by atoms with E-state index in [9.17, 15) is 9.59 Å². The van der Waals surface area contributed by atoms with Crippen molar-refractivity contribution in [1.82, 2.24) is 9.55 Å². The molecule has 2 aromatic carbocycles. The third kappa shape index (κ3) is 4.62. The van der Waals surface area contributed by atoms with E-state index >= 15 is 0 Å². The number of amides is 1. The summed E-state index contributed by atoms with van der Waals surface area (Å²) in [5.41, 5.74) is 2.44. The number of benzene rings is 2. The van der Waals surface area contributed by atoms with Gasteiger partial charge in [-0.05, 0) is 49.6 Å². The number of hydrogen-bond acceptors (Lipinski definition) is 4. The Morgan fingerprint density at radius 3 is 2.61 bits per heavy atom. The minimum absolute atomic E-state index is 0.0620. The third-order valence-electron chi connectivity index (χ3n) is 4.31. The second-order valence-corrected chi connectivity index (χ2v) is 8.65. The smallest absolute Gasteiger partial charge is 0.262 e. The van der Waals surface area contributed by atoms with Gasteiger partial charge in [-0.15, -0.1) is 0 Å². The lowest BCUT2D eigenvalue weighted by Gasteiger charge is -2.17. The lowest BCUT2D eigenvalue weighted by Crippen LogP contribution is -2.28. The summed E-state index contributed by atoms with van der Waals surface area (Å²) >= 11 is 1.31. The number of para-hydroxylation sites is 1. The molecule has 1 N–H and O–H groups in total. The van der Waals surface area contributed by atoms with Gasteiger partial charge in [-0.1, -0.05) is 49.9 Å². The van der Waals surface area contributed by atoms with Gasteiger partial charge in [0.05, 0.1) is 16.2 Å². The van der Waals surface area contributed by atoms with Crippen LogP contribution in [0.2, 0.25) is 0 Å². The van der Waals surface area contributed by atoms with Crippen molar-refractivity contribution in [2.24, 2.45) is 5.92 Å². The highest BCUT2D eigenvalue weighted by Gasteiger charge is 2.20. The molecular weight excluding hydrogens is 370 g/mol. The highest BCUT2D eigenvalue weighted by atomic mass is 32.2. The number of nitrogens with zero attached hydrogens (tertiary/aromatic N) is 2. The Hall–Kier alpha value is -2.60. The van der Waals surface area contributed by atoms with Crippen LogP contribution in [0.4, 0.5) is 5.69 Å². The van der Waals surface area contributed by atoms with Crippen molar-refractivity contribution in [2.75, 3.05) is 5.32 Å². The van der Waals surface area contributed by atoms with Crippen LogP contribution in [-0.2, 0) is 11.3 Å². The van der Waals surface area contributed by atoms with Crippen LogP contribution in [0.25, 0.3) is 10.9 Å². The minimum Gasteiger partial charge on any atom is -0.325 e. The van der Waals surface area contributed by atoms with Crippen LogP contribution in [0.15, 0.2) is 58.5 Å². The van der Waals surface area contributed by atoms with Gasteiger partial charge in [0.15, 0.2) is 5.16 Å². The molecule has 0 aliphatic carbocycles. The molecule has 0 radical (unpaired) electrons. The first-order valence-corrected chi connectivity index (χ1v) is 10.3. The summed E-state index contributed by atoms with van der Waals surface area (Å²) in [5.74, 6) is 0.172. The summed E-state index contributed by atoms with van der Waals surface area (Å²) in [6, 6.07) is 15.0. The highest BCUT2D eigenvalue weighted by Crippen LogP contribution is 2.24. The molecule has 0 fully saturated rings. The summed E-state index contributed by atoms with van der Waals surface area (Å²) in [5, 5.41) is 3.72. The molecule has 0 bridgehead atoms. The average molecular weight is 396 g/mol. The molecule has 0 unspecified atom stereocenters. The number of hydrogen-bond donors (Lipinski definition) is 1. The van der Waals surface area contributed by atoms with Crippen molar-refractivity contribution >= 4 is 34.3 Å². The fourth-order valence-electron chi connectivity index (χ4n) is 2.94. The van der Waals surface area contributed by atoms with Crippen LogP contribution in [0, 0.1) is 12.8 Å². The quantitative estimate of drug-likeness (QED) is 0.494. The second kappa shape index (κ2) is 8.61. The molecule has 28 heavy (non-hydrogen) atoms. The Morgan fingerprint density at radius 2 is 1.89 bits per heavy atom. The number of carbonyl (C=O) groups is 1. The van der Waals surface area contributed by atoms with Gasteiger partial charge < -0.3 is 5.32 Å². The number of aryl methyl sites for hydroxylation is 1. The van der Waals surface area contributed by atoms with Gasteiger partial charge in [0.2, 0.25) is 5.91 Å². The van der Waals surface area contributed by atoms with E-state index in [0.29, 0.717) is 22.6 Å². The predicted octanol–water partition coefficient (Wildman–Crippen LogP) is 4.48. The maximum Gasteiger partial charge on any atom is 0.262 e. The Balaban J connectivity index is 1.89. The van der Waals surface area contributed by atoms with Gasteiger partial charge in [-0.3, -0.25) is 14.2 Å². The van der Waals surface area contributed by atoms with Crippen molar-refractivity contribution in [3.05, 3.63) is 64.4 Å². The maximum atomic E-state index is 13.0. The zero-order chi connectivity index (χ0) is 20.3. The molecule has 0 spiro atoms. The van der Waals surface area contributed by atoms with Crippen molar-refractivity contribution in [1.29, 1.82) is 0 Å². The summed E-state index contributed by atoms with van der Waals surface area (Å²) in [6.45, 7) is 8.49. The van der Waals surface area contributed by atoms with E-state index in [1.54, 1.807) is 10.6 Å². The van der Waals surface area contributed by atoms with Crippen molar-refractivity contribution in [2.45, 2.75) is 44.6 Å². The van der Waals surface area contributed by atoms with Crippen molar-refractivity contribution in [3.63, 3.8) is 0 Å². The van der Waals surface area contributed by atoms with Crippen LogP contribution in [0.5, 0.6) is 0 Å². The Morgan fingerprint density at radius 1 is 1.14 bits per heavy atom. The summed E-state index contributed by atoms with van der Waals surface area (Å²) in [6.07, 6.45) is 0. The summed E-state index contributed by atoms with van der Waals surface area (Å²) in [4.78, 5) is 30.3. The van der Waals surface area contributed by atoms with Crippen LogP contribution in [-0.4, -0.2) is 20.7 Å². The SMILES string of the molecule is Cc1cccc(NC(=O)[C@H](C)Sc2nc3ccccc3c(=O)n2CC(C)C)c1. The molecule has 1 heterocycles. The van der Waals surface area contributed by atoms with Crippen LogP contribution >= 0.6 is 11.8 Å². The molecule has 0 aliphatic rings.